The summed E-state index contributed by atoms with van der Waals surface area (Å²) in [7, 11) is 0. The van der Waals surface area contributed by atoms with Crippen molar-refractivity contribution in [2.24, 2.45) is 11.8 Å². The fourth-order valence-electron chi connectivity index (χ4n) is 3.89. The molecule has 136 valence electrons. The molecule has 0 aromatic heterocycles. The highest BCUT2D eigenvalue weighted by atomic mass is 16.7. The van der Waals surface area contributed by atoms with Gasteiger partial charge in [-0.3, -0.25) is 0 Å². The van der Waals surface area contributed by atoms with Gasteiger partial charge in [0.1, 0.15) is 0 Å². The van der Waals surface area contributed by atoms with Crippen molar-refractivity contribution in [1.29, 1.82) is 0 Å². The molecule has 6 nitrogen and oxygen atoms in total. The third-order valence-corrected chi connectivity index (χ3v) is 5.33. The molecule has 5 rings (SSSR count). The van der Waals surface area contributed by atoms with Gasteiger partial charge < -0.3 is 28.8 Å². The van der Waals surface area contributed by atoms with Gasteiger partial charge in [0, 0.05) is 5.92 Å². The summed E-state index contributed by atoms with van der Waals surface area (Å²) in [6, 6.07) is 11.6. The Morgan fingerprint density at radius 3 is 2.35 bits per heavy atom. The van der Waals surface area contributed by atoms with E-state index in [1.165, 1.54) is 0 Å². The Morgan fingerprint density at radius 1 is 0.846 bits per heavy atom. The Hall–Kier alpha value is -2.44. The second-order valence-corrected chi connectivity index (χ2v) is 6.91. The normalized spacial score (nSPS) is 24.0. The molecule has 0 saturated carbocycles. The lowest BCUT2D eigenvalue weighted by Crippen LogP contribution is -2.22. The zero-order valence-electron chi connectivity index (χ0n) is 14.2. The summed E-state index contributed by atoms with van der Waals surface area (Å²) in [6.45, 7) is 1.69. The van der Waals surface area contributed by atoms with Crippen LogP contribution in [-0.2, 0) is 11.2 Å². The van der Waals surface area contributed by atoms with E-state index in [4.69, 9.17) is 23.7 Å². The van der Waals surface area contributed by atoms with Crippen LogP contribution in [0.15, 0.2) is 36.4 Å². The molecular formula is C20H20O6. The molecule has 3 atom stereocenters. The first-order chi connectivity index (χ1) is 12.8. The van der Waals surface area contributed by atoms with Crippen LogP contribution in [0.4, 0.5) is 0 Å². The summed E-state index contributed by atoms with van der Waals surface area (Å²) in [4.78, 5) is 0. The highest BCUT2D eigenvalue weighted by Crippen LogP contribution is 2.40. The molecule has 2 aromatic rings. The maximum Gasteiger partial charge on any atom is 0.231 e. The molecule has 0 amide bonds. The van der Waals surface area contributed by atoms with E-state index in [0.717, 1.165) is 34.8 Å². The second-order valence-electron chi connectivity index (χ2n) is 6.91. The molecule has 0 bridgehead atoms. The summed E-state index contributed by atoms with van der Waals surface area (Å²) >= 11 is 0. The van der Waals surface area contributed by atoms with Gasteiger partial charge >= 0.3 is 0 Å². The summed E-state index contributed by atoms with van der Waals surface area (Å²) in [5.41, 5.74) is 1.99. The predicted octanol–water partition coefficient (Wildman–Crippen LogP) is 2.68. The number of hydrogen-bond donors (Lipinski definition) is 1. The van der Waals surface area contributed by atoms with E-state index in [1.807, 2.05) is 30.3 Å². The Balaban J connectivity index is 1.33. The number of fused-ring (bicyclic) bond motifs is 2. The number of aliphatic hydroxyl groups is 1. The standard InChI is InChI=1S/C20H20O6/c21-20(13-2-4-17-19(7-13)26-11-24-17)15-9-22-8-14(15)5-12-1-3-16-18(6-12)25-10-23-16/h1-4,6-7,14-15,20-21H,5,8-11H2/t14-,15-,20?/m0/s1. The van der Waals surface area contributed by atoms with Gasteiger partial charge in [0.25, 0.3) is 0 Å². The minimum absolute atomic E-state index is 0.0285. The molecular weight excluding hydrogens is 336 g/mol. The molecule has 0 radical (unpaired) electrons. The van der Waals surface area contributed by atoms with Crippen LogP contribution in [0.1, 0.15) is 17.2 Å². The van der Waals surface area contributed by atoms with Gasteiger partial charge in [-0.25, -0.2) is 0 Å². The molecule has 1 fully saturated rings. The van der Waals surface area contributed by atoms with Gasteiger partial charge in [-0.1, -0.05) is 12.1 Å². The fourth-order valence-corrected chi connectivity index (χ4v) is 3.89. The van der Waals surface area contributed by atoms with E-state index in [-0.39, 0.29) is 25.4 Å². The van der Waals surface area contributed by atoms with Gasteiger partial charge in [-0.05, 0) is 47.7 Å². The first-order valence-electron chi connectivity index (χ1n) is 8.82. The Kier molecular flexibility index (Phi) is 3.87. The van der Waals surface area contributed by atoms with Crippen LogP contribution < -0.4 is 18.9 Å². The lowest BCUT2D eigenvalue weighted by Gasteiger charge is -2.23. The third-order valence-electron chi connectivity index (χ3n) is 5.33. The Morgan fingerprint density at radius 2 is 1.54 bits per heavy atom. The molecule has 0 aliphatic carbocycles. The monoisotopic (exact) mass is 356 g/mol. The van der Waals surface area contributed by atoms with Crippen LogP contribution in [-0.4, -0.2) is 31.9 Å². The van der Waals surface area contributed by atoms with Crippen LogP contribution in [0, 0.1) is 11.8 Å². The zero-order chi connectivity index (χ0) is 17.5. The fraction of sp³-hybridized carbons (Fsp3) is 0.400. The summed E-state index contributed by atoms with van der Waals surface area (Å²) in [6.07, 6.45) is 0.217. The molecule has 2 aromatic carbocycles. The van der Waals surface area contributed by atoms with Crippen molar-refractivity contribution in [1.82, 2.24) is 0 Å². The molecule has 1 unspecified atom stereocenters. The highest BCUT2D eigenvalue weighted by Gasteiger charge is 2.35. The van der Waals surface area contributed by atoms with Crippen molar-refractivity contribution in [3.63, 3.8) is 0 Å². The zero-order valence-corrected chi connectivity index (χ0v) is 14.2. The minimum atomic E-state index is -0.606. The first-order valence-corrected chi connectivity index (χ1v) is 8.82. The number of rotatable bonds is 4. The molecule has 26 heavy (non-hydrogen) atoms. The van der Waals surface area contributed by atoms with Crippen molar-refractivity contribution >= 4 is 0 Å². The topological polar surface area (TPSA) is 66.4 Å². The van der Waals surface area contributed by atoms with Crippen LogP contribution >= 0.6 is 0 Å². The Bertz CT molecular complexity index is 820. The lowest BCUT2D eigenvalue weighted by atomic mass is 9.83. The van der Waals surface area contributed by atoms with Crippen LogP contribution in [0.3, 0.4) is 0 Å². The average molecular weight is 356 g/mol. The molecule has 0 spiro atoms. The molecule has 3 heterocycles. The molecule has 1 N–H and O–H groups in total. The van der Waals surface area contributed by atoms with Crippen molar-refractivity contribution in [3.8, 4) is 23.0 Å². The van der Waals surface area contributed by atoms with E-state index in [9.17, 15) is 5.11 Å². The van der Waals surface area contributed by atoms with Crippen molar-refractivity contribution in [2.75, 3.05) is 26.8 Å². The van der Waals surface area contributed by atoms with Crippen molar-refractivity contribution < 1.29 is 28.8 Å². The quantitative estimate of drug-likeness (QED) is 0.909. The maximum atomic E-state index is 10.9. The van der Waals surface area contributed by atoms with E-state index >= 15 is 0 Å². The van der Waals surface area contributed by atoms with Gasteiger partial charge in [0.05, 0.1) is 19.3 Å². The summed E-state index contributed by atoms with van der Waals surface area (Å²) < 4.78 is 27.3. The van der Waals surface area contributed by atoms with Gasteiger partial charge in [-0.2, -0.15) is 0 Å². The summed E-state index contributed by atoms with van der Waals surface area (Å²) in [5.74, 6) is 3.24. The first kappa shape index (κ1) is 15.8. The molecule has 3 aliphatic heterocycles. The van der Waals surface area contributed by atoms with E-state index in [1.54, 1.807) is 0 Å². The number of ether oxygens (including phenoxy) is 5. The van der Waals surface area contributed by atoms with E-state index in [2.05, 4.69) is 6.07 Å². The summed E-state index contributed by atoms with van der Waals surface area (Å²) in [5, 5.41) is 10.9. The van der Waals surface area contributed by atoms with Crippen LogP contribution in [0.5, 0.6) is 23.0 Å². The SMILES string of the molecule is OC(c1ccc2c(c1)OCO2)[C@H]1COC[C@@H]1Cc1ccc2c(c1)OCO2. The van der Waals surface area contributed by atoms with Gasteiger partial charge in [-0.15, -0.1) is 0 Å². The largest absolute Gasteiger partial charge is 0.454 e. The second kappa shape index (κ2) is 6.37. The molecule has 3 aliphatic rings. The molecule has 1 saturated heterocycles. The smallest absolute Gasteiger partial charge is 0.231 e. The Labute approximate surface area is 151 Å². The number of hydrogen-bond acceptors (Lipinski definition) is 6. The maximum absolute atomic E-state index is 10.9. The third kappa shape index (κ3) is 2.75. The van der Waals surface area contributed by atoms with E-state index in [0.29, 0.717) is 19.0 Å². The molecule has 6 heteroatoms. The predicted molar refractivity (Wildman–Crippen MR) is 91.6 cm³/mol. The van der Waals surface area contributed by atoms with E-state index < -0.39 is 6.10 Å². The number of benzene rings is 2. The highest BCUT2D eigenvalue weighted by molar-refractivity contribution is 5.46. The lowest BCUT2D eigenvalue weighted by molar-refractivity contribution is 0.0810. The van der Waals surface area contributed by atoms with Crippen molar-refractivity contribution in [2.45, 2.75) is 12.5 Å². The average Bonchev–Trinajstić information content (AvgIpc) is 3.40. The number of aliphatic hydroxyl groups excluding tert-OH is 1. The van der Waals surface area contributed by atoms with Crippen LogP contribution in [0.25, 0.3) is 0 Å². The van der Waals surface area contributed by atoms with Crippen LogP contribution in [0.2, 0.25) is 0 Å². The minimum Gasteiger partial charge on any atom is -0.454 e. The van der Waals surface area contributed by atoms with Gasteiger partial charge in [0.15, 0.2) is 23.0 Å². The van der Waals surface area contributed by atoms with Crippen molar-refractivity contribution in [3.05, 3.63) is 47.5 Å². The van der Waals surface area contributed by atoms with Gasteiger partial charge in [0.2, 0.25) is 13.6 Å².